The maximum absolute atomic E-state index is 12.3. The predicted octanol–water partition coefficient (Wildman–Crippen LogP) is 2.38. The fraction of sp³-hybridized carbons (Fsp3) is 1.00. The quantitative estimate of drug-likeness (QED) is 0.747. The first kappa shape index (κ1) is 13.0. The van der Waals surface area contributed by atoms with Crippen molar-refractivity contribution in [1.29, 1.82) is 0 Å². The summed E-state index contributed by atoms with van der Waals surface area (Å²) in [6, 6.07) is 0.131. The van der Waals surface area contributed by atoms with E-state index in [4.69, 9.17) is 0 Å². The van der Waals surface area contributed by atoms with Gasteiger partial charge < -0.3 is 0 Å². The molecule has 4 heteroatoms. The van der Waals surface area contributed by atoms with Crippen molar-refractivity contribution in [2.24, 2.45) is 0 Å². The monoisotopic (exact) mass is 233 g/mol. The summed E-state index contributed by atoms with van der Waals surface area (Å²) in [5, 5.41) is -0.123. The third-order valence-corrected chi connectivity index (χ3v) is 5.78. The summed E-state index contributed by atoms with van der Waals surface area (Å²) in [6.07, 6.45) is 3.82. The molecular formula is C11H23NO2S. The fourth-order valence-electron chi connectivity index (χ4n) is 2.54. The van der Waals surface area contributed by atoms with Crippen molar-refractivity contribution in [3.05, 3.63) is 0 Å². The van der Waals surface area contributed by atoms with Crippen LogP contribution >= 0.6 is 0 Å². The first-order valence-corrected chi connectivity index (χ1v) is 7.40. The van der Waals surface area contributed by atoms with Gasteiger partial charge in [0.1, 0.15) is 0 Å². The molecule has 1 aliphatic rings. The lowest BCUT2D eigenvalue weighted by Gasteiger charge is -2.32. The van der Waals surface area contributed by atoms with Crippen LogP contribution in [-0.2, 0) is 10.0 Å². The zero-order valence-electron chi connectivity index (χ0n) is 10.2. The molecule has 1 rings (SSSR count). The molecule has 3 nitrogen and oxygen atoms in total. The predicted molar refractivity (Wildman–Crippen MR) is 63.3 cm³/mol. The van der Waals surface area contributed by atoms with Crippen LogP contribution in [0.25, 0.3) is 0 Å². The summed E-state index contributed by atoms with van der Waals surface area (Å²) in [7, 11) is -3.07. The Balaban J connectivity index is 2.90. The van der Waals surface area contributed by atoms with Gasteiger partial charge >= 0.3 is 0 Å². The Kier molecular flexibility index (Phi) is 4.18. The van der Waals surface area contributed by atoms with Gasteiger partial charge in [-0.25, -0.2) is 8.42 Å². The van der Waals surface area contributed by atoms with E-state index < -0.39 is 10.0 Å². The molecule has 0 bridgehead atoms. The first-order chi connectivity index (χ1) is 6.87. The van der Waals surface area contributed by atoms with E-state index >= 15 is 0 Å². The molecule has 0 unspecified atom stereocenters. The highest BCUT2D eigenvalue weighted by molar-refractivity contribution is 7.89. The van der Waals surface area contributed by atoms with Crippen molar-refractivity contribution in [3.8, 4) is 0 Å². The largest absolute Gasteiger partial charge is 0.217 e. The average Bonchev–Trinajstić information content (AvgIpc) is 2.52. The minimum absolute atomic E-state index is 0.0654. The van der Waals surface area contributed by atoms with E-state index in [1.807, 2.05) is 27.7 Å². The summed E-state index contributed by atoms with van der Waals surface area (Å²) in [6.45, 7) is 7.80. The molecule has 1 fully saturated rings. The van der Waals surface area contributed by atoms with E-state index in [1.54, 1.807) is 4.31 Å². The highest BCUT2D eigenvalue weighted by atomic mass is 32.2. The second-order valence-electron chi connectivity index (χ2n) is 4.97. The van der Waals surface area contributed by atoms with Crippen LogP contribution in [0.4, 0.5) is 0 Å². The third-order valence-electron chi connectivity index (χ3n) is 3.04. The SMILES string of the molecule is CC(C)N(C(C)C)S(=O)(=O)C1CCCC1. The zero-order chi connectivity index (χ0) is 11.6. The minimum Gasteiger partial charge on any atom is -0.212 e. The van der Waals surface area contributed by atoms with Crippen LogP contribution in [0.2, 0.25) is 0 Å². The fourth-order valence-corrected chi connectivity index (χ4v) is 4.99. The number of hydrogen-bond acceptors (Lipinski definition) is 2. The molecule has 0 radical (unpaired) electrons. The Labute approximate surface area is 93.9 Å². The third kappa shape index (κ3) is 2.72. The molecule has 0 aromatic carbocycles. The first-order valence-electron chi connectivity index (χ1n) is 5.89. The van der Waals surface area contributed by atoms with Gasteiger partial charge in [-0.1, -0.05) is 12.8 Å². The van der Waals surface area contributed by atoms with Gasteiger partial charge in [-0.3, -0.25) is 0 Å². The van der Waals surface area contributed by atoms with Crippen LogP contribution in [0.1, 0.15) is 53.4 Å². The van der Waals surface area contributed by atoms with Gasteiger partial charge in [0, 0.05) is 12.1 Å². The Morgan fingerprint density at radius 1 is 1.00 bits per heavy atom. The van der Waals surface area contributed by atoms with Crippen LogP contribution in [0, 0.1) is 0 Å². The van der Waals surface area contributed by atoms with Crippen LogP contribution in [0.5, 0.6) is 0 Å². The molecule has 0 amide bonds. The second kappa shape index (κ2) is 4.83. The highest BCUT2D eigenvalue weighted by Crippen LogP contribution is 2.29. The van der Waals surface area contributed by atoms with Gasteiger partial charge in [0.25, 0.3) is 0 Å². The number of sulfonamides is 1. The molecule has 0 spiro atoms. The molecule has 0 saturated heterocycles. The minimum atomic E-state index is -3.07. The van der Waals surface area contributed by atoms with Gasteiger partial charge in [-0.05, 0) is 40.5 Å². The number of rotatable bonds is 4. The molecule has 90 valence electrons. The van der Waals surface area contributed by atoms with Crippen molar-refractivity contribution < 1.29 is 8.42 Å². The van der Waals surface area contributed by atoms with Crippen LogP contribution in [0.15, 0.2) is 0 Å². The van der Waals surface area contributed by atoms with Crippen molar-refractivity contribution in [2.45, 2.75) is 70.7 Å². The Morgan fingerprint density at radius 2 is 1.40 bits per heavy atom. The van der Waals surface area contributed by atoms with Gasteiger partial charge in [0.05, 0.1) is 5.25 Å². The number of nitrogens with zero attached hydrogens (tertiary/aromatic N) is 1. The standard InChI is InChI=1S/C11H23NO2S/c1-9(2)12(10(3)4)15(13,14)11-7-5-6-8-11/h9-11H,5-8H2,1-4H3. The summed E-state index contributed by atoms with van der Waals surface area (Å²) in [4.78, 5) is 0. The topological polar surface area (TPSA) is 37.4 Å². The molecule has 0 heterocycles. The molecule has 0 aliphatic heterocycles. The van der Waals surface area contributed by atoms with Crippen LogP contribution < -0.4 is 0 Å². The molecular weight excluding hydrogens is 210 g/mol. The van der Waals surface area contributed by atoms with Crippen LogP contribution in [-0.4, -0.2) is 30.1 Å². The zero-order valence-corrected chi connectivity index (χ0v) is 11.0. The average molecular weight is 233 g/mol. The normalized spacial score (nSPS) is 19.7. The summed E-state index contributed by atoms with van der Waals surface area (Å²) < 4.78 is 26.4. The van der Waals surface area contributed by atoms with E-state index in [0.717, 1.165) is 25.7 Å². The molecule has 0 atom stereocenters. The summed E-state index contributed by atoms with van der Waals surface area (Å²) in [5.41, 5.74) is 0. The van der Waals surface area contributed by atoms with Crippen molar-refractivity contribution in [2.75, 3.05) is 0 Å². The maximum Gasteiger partial charge on any atom is 0.217 e. The Morgan fingerprint density at radius 3 is 1.73 bits per heavy atom. The molecule has 15 heavy (non-hydrogen) atoms. The highest BCUT2D eigenvalue weighted by Gasteiger charge is 2.36. The molecule has 1 saturated carbocycles. The maximum atomic E-state index is 12.3. The summed E-state index contributed by atoms with van der Waals surface area (Å²) in [5.74, 6) is 0. The van der Waals surface area contributed by atoms with E-state index in [9.17, 15) is 8.42 Å². The van der Waals surface area contributed by atoms with Gasteiger partial charge in [0.2, 0.25) is 10.0 Å². The molecule has 1 aliphatic carbocycles. The van der Waals surface area contributed by atoms with E-state index in [0.29, 0.717) is 0 Å². The molecule has 0 aromatic heterocycles. The van der Waals surface area contributed by atoms with E-state index in [-0.39, 0.29) is 17.3 Å². The van der Waals surface area contributed by atoms with Gasteiger partial charge in [-0.2, -0.15) is 4.31 Å². The lowest BCUT2D eigenvalue weighted by atomic mass is 10.3. The molecule has 0 N–H and O–H groups in total. The van der Waals surface area contributed by atoms with E-state index in [2.05, 4.69) is 0 Å². The Hall–Kier alpha value is -0.0900. The Bertz CT molecular complexity index is 282. The molecule has 0 aromatic rings. The lowest BCUT2D eigenvalue weighted by molar-refractivity contribution is 0.298. The van der Waals surface area contributed by atoms with Crippen molar-refractivity contribution in [3.63, 3.8) is 0 Å². The van der Waals surface area contributed by atoms with Gasteiger partial charge in [-0.15, -0.1) is 0 Å². The summed E-state index contributed by atoms with van der Waals surface area (Å²) >= 11 is 0. The lowest BCUT2D eigenvalue weighted by Crippen LogP contribution is -2.46. The second-order valence-corrected chi connectivity index (χ2v) is 7.09. The van der Waals surface area contributed by atoms with Gasteiger partial charge in [0.15, 0.2) is 0 Å². The van der Waals surface area contributed by atoms with Crippen molar-refractivity contribution >= 4 is 10.0 Å². The van der Waals surface area contributed by atoms with E-state index in [1.165, 1.54) is 0 Å². The van der Waals surface area contributed by atoms with Crippen molar-refractivity contribution in [1.82, 2.24) is 4.31 Å². The number of hydrogen-bond donors (Lipinski definition) is 0. The van der Waals surface area contributed by atoms with Crippen LogP contribution in [0.3, 0.4) is 0 Å². The smallest absolute Gasteiger partial charge is 0.212 e.